The largest absolute Gasteiger partial charge is 0.454 e. The Morgan fingerprint density at radius 2 is 1.89 bits per heavy atom. The molecule has 2 saturated heterocycles. The highest BCUT2D eigenvalue weighted by Gasteiger charge is 2.28. The van der Waals surface area contributed by atoms with Gasteiger partial charge in [0.25, 0.3) is 0 Å². The van der Waals surface area contributed by atoms with Crippen LogP contribution in [-0.4, -0.2) is 79.3 Å². The Hall–Kier alpha value is -1.83. The number of rotatable bonds is 6. The molecule has 0 unspecified atom stereocenters. The highest BCUT2D eigenvalue weighted by Crippen LogP contribution is 2.33. The Morgan fingerprint density at radius 3 is 2.70 bits per heavy atom. The first-order valence-corrected chi connectivity index (χ1v) is 10.0. The van der Waals surface area contributed by atoms with Crippen molar-refractivity contribution in [1.29, 1.82) is 0 Å². The summed E-state index contributed by atoms with van der Waals surface area (Å²) >= 11 is 0. The van der Waals surface area contributed by atoms with Crippen LogP contribution in [0, 0.1) is 0 Å². The molecular formula is C20H30N4O3. The number of piperazine rings is 1. The van der Waals surface area contributed by atoms with Crippen molar-refractivity contribution < 1.29 is 14.3 Å². The molecule has 0 radical (unpaired) electrons. The van der Waals surface area contributed by atoms with Crippen LogP contribution in [0.4, 0.5) is 0 Å². The van der Waals surface area contributed by atoms with Crippen molar-refractivity contribution in [2.24, 2.45) is 5.73 Å². The Balaban J connectivity index is 1.24. The summed E-state index contributed by atoms with van der Waals surface area (Å²) in [6.45, 7) is 8.64. The van der Waals surface area contributed by atoms with Crippen LogP contribution in [0.15, 0.2) is 18.2 Å². The summed E-state index contributed by atoms with van der Waals surface area (Å²) in [6, 6.07) is 6.86. The molecule has 3 heterocycles. The van der Waals surface area contributed by atoms with Crippen molar-refractivity contribution in [1.82, 2.24) is 14.7 Å². The Bertz CT molecular complexity index is 661. The van der Waals surface area contributed by atoms with E-state index in [2.05, 4.69) is 26.8 Å². The average molecular weight is 374 g/mol. The molecule has 1 aromatic carbocycles. The van der Waals surface area contributed by atoms with Crippen LogP contribution in [0.25, 0.3) is 0 Å². The summed E-state index contributed by atoms with van der Waals surface area (Å²) < 4.78 is 10.9. The van der Waals surface area contributed by atoms with E-state index in [1.54, 1.807) is 0 Å². The highest BCUT2D eigenvalue weighted by atomic mass is 16.7. The maximum Gasteiger partial charge on any atom is 0.231 e. The molecule has 27 heavy (non-hydrogen) atoms. The van der Waals surface area contributed by atoms with E-state index >= 15 is 0 Å². The van der Waals surface area contributed by atoms with Gasteiger partial charge in [-0.25, -0.2) is 0 Å². The SMILES string of the molecule is NC(=O)CCN1CCC[C@@H](N2CCN(Cc3ccc4c(c3)OCO4)CC2)C1. The van der Waals surface area contributed by atoms with Gasteiger partial charge in [-0.05, 0) is 37.1 Å². The number of ether oxygens (including phenoxy) is 2. The summed E-state index contributed by atoms with van der Waals surface area (Å²) in [7, 11) is 0. The molecular weight excluding hydrogens is 344 g/mol. The van der Waals surface area contributed by atoms with Crippen molar-refractivity contribution in [2.75, 3.05) is 52.6 Å². The lowest BCUT2D eigenvalue weighted by Gasteiger charge is -2.43. The van der Waals surface area contributed by atoms with E-state index < -0.39 is 0 Å². The number of nitrogens with two attached hydrogens (primary N) is 1. The van der Waals surface area contributed by atoms with Gasteiger partial charge in [0, 0.05) is 58.3 Å². The third-order valence-corrected chi connectivity index (χ3v) is 5.92. The summed E-state index contributed by atoms with van der Waals surface area (Å²) in [4.78, 5) is 18.6. The highest BCUT2D eigenvalue weighted by molar-refractivity contribution is 5.73. The molecule has 2 fully saturated rings. The van der Waals surface area contributed by atoms with Gasteiger partial charge in [0.1, 0.15) is 0 Å². The number of benzene rings is 1. The predicted molar refractivity (Wildman–Crippen MR) is 103 cm³/mol. The normalized spacial score (nSPS) is 24.2. The molecule has 2 N–H and O–H groups in total. The van der Waals surface area contributed by atoms with E-state index in [9.17, 15) is 4.79 Å². The first kappa shape index (κ1) is 18.5. The van der Waals surface area contributed by atoms with Crippen molar-refractivity contribution in [3.63, 3.8) is 0 Å². The zero-order valence-electron chi connectivity index (χ0n) is 15.9. The number of fused-ring (bicyclic) bond motifs is 1. The molecule has 0 aliphatic carbocycles. The molecule has 1 amide bonds. The molecule has 7 nitrogen and oxygen atoms in total. The number of primary amides is 1. The molecule has 1 aromatic rings. The number of carbonyl (C=O) groups excluding carboxylic acids is 1. The van der Waals surface area contributed by atoms with Crippen molar-refractivity contribution >= 4 is 5.91 Å². The van der Waals surface area contributed by atoms with E-state index in [0.717, 1.165) is 63.9 Å². The van der Waals surface area contributed by atoms with Gasteiger partial charge < -0.3 is 20.1 Å². The van der Waals surface area contributed by atoms with Crippen LogP contribution in [0.2, 0.25) is 0 Å². The van der Waals surface area contributed by atoms with Crippen LogP contribution < -0.4 is 15.2 Å². The van der Waals surface area contributed by atoms with Crippen LogP contribution in [0.5, 0.6) is 11.5 Å². The second kappa shape index (κ2) is 8.46. The lowest BCUT2D eigenvalue weighted by Crippen LogP contribution is -2.55. The zero-order valence-corrected chi connectivity index (χ0v) is 15.9. The van der Waals surface area contributed by atoms with E-state index in [4.69, 9.17) is 15.2 Å². The zero-order chi connectivity index (χ0) is 18.6. The fourth-order valence-electron chi connectivity index (χ4n) is 4.38. The van der Waals surface area contributed by atoms with Gasteiger partial charge >= 0.3 is 0 Å². The minimum atomic E-state index is -0.200. The van der Waals surface area contributed by atoms with E-state index in [1.165, 1.54) is 18.4 Å². The summed E-state index contributed by atoms with van der Waals surface area (Å²) in [5.74, 6) is 1.51. The molecule has 4 rings (SSSR count). The Kier molecular flexibility index (Phi) is 5.80. The number of nitrogens with zero attached hydrogens (tertiary/aromatic N) is 3. The monoisotopic (exact) mass is 374 g/mol. The number of likely N-dealkylation sites (tertiary alicyclic amines) is 1. The average Bonchev–Trinajstić information content (AvgIpc) is 3.15. The first-order valence-electron chi connectivity index (χ1n) is 10.0. The topological polar surface area (TPSA) is 71.3 Å². The maximum absolute atomic E-state index is 11.0. The van der Waals surface area contributed by atoms with Crippen molar-refractivity contribution in [2.45, 2.75) is 31.8 Å². The van der Waals surface area contributed by atoms with E-state index in [0.29, 0.717) is 19.3 Å². The number of hydrogen-bond donors (Lipinski definition) is 1. The fourth-order valence-corrected chi connectivity index (χ4v) is 4.38. The molecule has 0 aromatic heterocycles. The minimum Gasteiger partial charge on any atom is -0.454 e. The summed E-state index contributed by atoms with van der Waals surface area (Å²) in [5.41, 5.74) is 6.58. The molecule has 0 saturated carbocycles. The minimum absolute atomic E-state index is 0.200. The smallest absolute Gasteiger partial charge is 0.231 e. The molecule has 3 aliphatic rings. The summed E-state index contributed by atoms with van der Waals surface area (Å²) in [6.07, 6.45) is 2.94. The van der Waals surface area contributed by atoms with Gasteiger partial charge in [-0.15, -0.1) is 0 Å². The third kappa shape index (κ3) is 4.72. The standard InChI is InChI=1S/C20H30N4O3/c21-20(25)5-7-22-6-1-2-17(14-22)24-10-8-23(9-11-24)13-16-3-4-18-19(12-16)27-15-26-18/h3-4,12,17H,1-2,5-11,13-15H2,(H2,21,25)/t17-/m1/s1. The lowest BCUT2D eigenvalue weighted by atomic mass is 10.0. The quantitative estimate of drug-likeness (QED) is 0.797. The predicted octanol–water partition coefficient (Wildman–Crippen LogP) is 0.873. The van der Waals surface area contributed by atoms with Gasteiger partial charge in [0.2, 0.25) is 12.7 Å². The Labute approximate surface area is 161 Å². The molecule has 0 spiro atoms. The number of piperidine rings is 1. The van der Waals surface area contributed by atoms with Crippen LogP contribution in [-0.2, 0) is 11.3 Å². The van der Waals surface area contributed by atoms with Crippen LogP contribution in [0.1, 0.15) is 24.8 Å². The van der Waals surface area contributed by atoms with Gasteiger partial charge in [-0.3, -0.25) is 14.6 Å². The molecule has 0 bridgehead atoms. The lowest BCUT2D eigenvalue weighted by molar-refractivity contribution is -0.118. The number of amides is 1. The molecule has 1 atom stereocenters. The van der Waals surface area contributed by atoms with Gasteiger partial charge in [0.05, 0.1) is 0 Å². The first-order chi connectivity index (χ1) is 13.2. The van der Waals surface area contributed by atoms with E-state index in [1.807, 2.05) is 6.07 Å². The van der Waals surface area contributed by atoms with Crippen LogP contribution >= 0.6 is 0 Å². The number of hydrogen-bond acceptors (Lipinski definition) is 6. The fraction of sp³-hybridized carbons (Fsp3) is 0.650. The summed E-state index contributed by atoms with van der Waals surface area (Å²) in [5, 5.41) is 0. The van der Waals surface area contributed by atoms with Crippen molar-refractivity contribution in [3.8, 4) is 11.5 Å². The van der Waals surface area contributed by atoms with Crippen molar-refractivity contribution in [3.05, 3.63) is 23.8 Å². The molecule has 3 aliphatic heterocycles. The second-order valence-electron chi connectivity index (χ2n) is 7.81. The van der Waals surface area contributed by atoms with Gasteiger partial charge in [-0.2, -0.15) is 0 Å². The molecule has 148 valence electrons. The Morgan fingerprint density at radius 1 is 1.07 bits per heavy atom. The number of carbonyl (C=O) groups is 1. The third-order valence-electron chi connectivity index (χ3n) is 5.92. The van der Waals surface area contributed by atoms with E-state index in [-0.39, 0.29) is 5.91 Å². The van der Waals surface area contributed by atoms with Gasteiger partial charge in [0.15, 0.2) is 11.5 Å². The maximum atomic E-state index is 11.0. The van der Waals surface area contributed by atoms with Crippen LogP contribution in [0.3, 0.4) is 0 Å². The second-order valence-corrected chi connectivity index (χ2v) is 7.81. The molecule has 7 heteroatoms. The van der Waals surface area contributed by atoms with Gasteiger partial charge in [-0.1, -0.05) is 6.07 Å².